The molecule has 1 aromatic carbocycles. The number of benzene rings is 1. The number of carbonyl (C=O) groups is 1. The Labute approximate surface area is 145 Å². The van der Waals surface area contributed by atoms with Crippen LogP contribution in [0.25, 0.3) is 0 Å². The SMILES string of the molecule is CCN(CC)C(=O)C1=C(C)NC(=S)N[C@@H]1c1ccc(Br)cc1. The second kappa shape index (κ2) is 7.24. The number of hydrogen-bond donors (Lipinski definition) is 2. The van der Waals surface area contributed by atoms with Crippen molar-refractivity contribution in [1.29, 1.82) is 0 Å². The van der Waals surface area contributed by atoms with Crippen LogP contribution in [0.2, 0.25) is 0 Å². The minimum Gasteiger partial charge on any atom is -0.351 e. The third kappa shape index (κ3) is 3.50. The summed E-state index contributed by atoms with van der Waals surface area (Å²) >= 11 is 8.69. The van der Waals surface area contributed by atoms with Crippen molar-refractivity contribution >= 4 is 39.2 Å². The van der Waals surface area contributed by atoms with Crippen LogP contribution in [0.5, 0.6) is 0 Å². The molecule has 1 heterocycles. The summed E-state index contributed by atoms with van der Waals surface area (Å²) in [5.74, 6) is 0.0397. The fourth-order valence-electron chi connectivity index (χ4n) is 2.56. The lowest BCUT2D eigenvalue weighted by atomic mass is 9.94. The van der Waals surface area contributed by atoms with Gasteiger partial charge in [-0.15, -0.1) is 0 Å². The molecule has 1 aliphatic rings. The molecule has 1 aliphatic heterocycles. The molecule has 1 atom stereocenters. The highest BCUT2D eigenvalue weighted by Crippen LogP contribution is 2.29. The van der Waals surface area contributed by atoms with Gasteiger partial charge in [-0.05, 0) is 50.7 Å². The molecule has 4 nitrogen and oxygen atoms in total. The maximum atomic E-state index is 12.9. The van der Waals surface area contributed by atoms with Crippen LogP contribution < -0.4 is 10.6 Å². The number of hydrogen-bond acceptors (Lipinski definition) is 2. The summed E-state index contributed by atoms with van der Waals surface area (Å²) in [7, 11) is 0. The second-order valence-electron chi connectivity index (χ2n) is 5.10. The Kier molecular flexibility index (Phi) is 5.58. The van der Waals surface area contributed by atoms with Crippen molar-refractivity contribution in [3.8, 4) is 0 Å². The minimum atomic E-state index is -0.227. The average Bonchev–Trinajstić information content (AvgIpc) is 2.48. The number of thiocarbonyl (C=S) groups is 1. The number of likely N-dealkylation sites (N-methyl/N-ethyl adjacent to an activating group) is 1. The van der Waals surface area contributed by atoms with Gasteiger partial charge in [0, 0.05) is 23.3 Å². The Bertz CT molecular complexity index is 608. The van der Waals surface area contributed by atoms with Gasteiger partial charge in [0.05, 0.1) is 11.6 Å². The van der Waals surface area contributed by atoms with Crippen LogP contribution >= 0.6 is 28.1 Å². The fraction of sp³-hybridized carbons (Fsp3) is 0.375. The van der Waals surface area contributed by atoms with Crippen LogP contribution in [0.1, 0.15) is 32.4 Å². The van der Waals surface area contributed by atoms with E-state index in [0.29, 0.717) is 18.2 Å². The predicted octanol–water partition coefficient (Wildman–Crippen LogP) is 3.11. The van der Waals surface area contributed by atoms with E-state index in [1.165, 1.54) is 0 Å². The molecule has 0 aromatic heterocycles. The van der Waals surface area contributed by atoms with Crippen molar-refractivity contribution in [2.45, 2.75) is 26.8 Å². The van der Waals surface area contributed by atoms with Gasteiger partial charge in [0.1, 0.15) is 0 Å². The third-order valence-corrected chi connectivity index (χ3v) is 4.50. The van der Waals surface area contributed by atoms with Gasteiger partial charge in [-0.3, -0.25) is 4.79 Å². The second-order valence-corrected chi connectivity index (χ2v) is 6.42. The summed E-state index contributed by atoms with van der Waals surface area (Å²) in [4.78, 5) is 14.7. The Hall–Kier alpha value is -1.40. The van der Waals surface area contributed by atoms with Crippen LogP contribution in [-0.4, -0.2) is 29.0 Å². The van der Waals surface area contributed by atoms with Crippen LogP contribution in [0, 0.1) is 0 Å². The third-order valence-electron chi connectivity index (χ3n) is 3.75. The highest BCUT2D eigenvalue weighted by molar-refractivity contribution is 9.10. The quantitative estimate of drug-likeness (QED) is 0.786. The average molecular weight is 382 g/mol. The number of nitrogens with zero attached hydrogens (tertiary/aromatic N) is 1. The van der Waals surface area contributed by atoms with E-state index in [0.717, 1.165) is 21.3 Å². The van der Waals surface area contributed by atoms with Crippen LogP contribution in [-0.2, 0) is 4.79 Å². The maximum absolute atomic E-state index is 12.9. The monoisotopic (exact) mass is 381 g/mol. The molecule has 0 saturated carbocycles. The first kappa shape index (κ1) is 17.0. The molecule has 0 bridgehead atoms. The molecule has 0 radical (unpaired) electrons. The van der Waals surface area contributed by atoms with Crippen molar-refractivity contribution in [1.82, 2.24) is 15.5 Å². The molecule has 22 heavy (non-hydrogen) atoms. The zero-order chi connectivity index (χ0) is 16.3. The number of halogens is 1. The van der Waals surface area contributed by atoms with E-state index < -0.39 is 0 Å². The first-order chi connectivity index (χ1) is 10.5. The standard InChI is InChI=1S/C16H20BrN3OS/c1-4-20(5-2)15(21)13-10(3)18-16(22)19-14(13)11-6-8-12(17)9-7-11/h6-9,14H,4-5H2,1-3H3,(H2,18,19,22)/t14-/m1/s1. The number of amides is 1. The summed E-state index contributed by atoms with van der Waals surface area (Å²) in [6, 6.07) is 7.71. The molecule has 0 aliphatic carbocycles. The lowest BCUT2D eigenvalue weighted by Crippen LogP contribution is -2.47. The van der Waals surface area contributed by atoms with Gasteiger partial charge in [-0.2, -0.15) is 0 Å². The van der Waals surface area contributed by atoms with Crippen LogP contribution in [0.4, 0.5) is 0 Å². The van der Waals surface area contributed by atoms with E-state index in [9.17, 15) is 4.79 Å². The zero-order valence-corrected chi connectivity index (χ0v) is 15.3. The van der Waals surface area contributed by atoms with Gasteiger partial charge in [0.25, 0.3) is 5.91 Å². The highest BCUT2D eigenvalue weighted by atomic mass is 79.9. The van der Waals surface area contributed by atoms with E-state index >= 15 is 0 Å². The minimum absolute atomic E-state index is 0.0397. The van der Waals surface area contributed by atoms with Crippen LogP contribution in [0.15, 0.2) is 40.0 Å². The molecular weight excluding hydrogens is 362 g/mol. The molecule has 2 N–H and O–H groups in total. The van der Waals surface area contributed by atoms with Crippen molar-refractivity contribution in [2.24, 2.45) is 0 Å². The van der Waals surface area contributed by atoms with Gasteiger partial charge in [-0.25, -0.2) is 0 Å². The largest absolute Gasteiger partial charge is 0.351 e. The van der Waals surface area contributed by atoms with Crippen molar-refractivity contribution in [3.05, 3.63) is 45.6 Å². The molecule has 0 fully saturated rings. The van der Waals surface area contributed by atoms with Crippen molar-refractivity contribution in [3.63, 3.8) is 0 Å². The molecular formula is C16H20BrN3OS. The Morgan fingerprint density at radius 3 is 2.41 bits per heavy atom. The number of allylic oxidation sites excluding steroid dienone is 1. The summed E-state index contributed by atoms with van der Waals surface area (Å²) in [6.45, 7) is 7.24. The van der Waals surface area contributed by atoms with Gasteiger partial charge in [0.15, 0.2) is 5.11 Å². The van der Waals surface area contributed by atoms with Crippen molar-refractivity contribution < 1.29 is 4.79 Å². The number of rotatable bonds is 4. The molecule has 118 valence electrons. The summed E-state index contributed by atoms with van der Waals surface area (Å²) in [6.07, 6.45) is 0. The molecule has 0 unspecified atom stereocenters. The van der Waals surface area contributed by atoms with E-state index in [2.05, 4.69) is 26.6 Å². The van der Waals surface area contributed by atoms with Gasteiger partial charge in [0.2, 0.25) is 0 Å². The lowest BCUT2D eigenvalue weighted by molar-refractivity contribution is -0.127. The van der Waals surface area contributed by atoms with Gasteiger partial charge >= 0.3 is 0 Å². The number of nitrogens with one attached hydrogen (secondary N) is 2. The Balaban J connectivity index is 2.45. The maximum Gasteiger partial charge on any atom is 0.253 e. The smallest absolute Gasteiger partial charge is 0.253 e. The van der Waals surface area contributed by atoms with E-state index in [4.69, 9.17) is 12.2 Å². The zero-order valence-electron chi connectivity index (χ0n) is 12.9. The molecule has 0 saturated heterocycles. The first-order valence-electron chi connectivity index (χ1n) is 7.30. The fourth-order valence-corrected chi connectivity index (χ4v) is 3.10. The van der Waals surface area contributed by atoms with Crippen molar-refractivity contribution in [2.75, 3.05) is 13.1 Å². The highest BCUT2D eigenvalue weighted by Gasteiger charge is 2.31. The van der Waals surface area contributed by atoms with Gasteiger partial charge in [-0.1, -0.05) is 28.1 Å². The molecule has 2 rings (SSSR count). The predicted molar refractivity (Wildman–Crippen MR) is 96.4 cm³/mol. The lowest BCUT2D eigenvalue weighted by Gasteiger charge is -2.33. The number of carbonyl (C=O) groups excluding carboxylic acids is 1. The molecule has 0 spiro atoms. The van der Waals surface area contributed by atoms with Gasteiger partial charge < -0.3 is 15.5 Å². The summed E-state index contributed by atoms with van der Waals surface area (Å²) < 4.78 is 1.00. The van der Waals surface area contributed by atoms with Crippen LogP contribution in [0.3, 0.4) is 0 Å². The Morgan fingerprint density at radius 2 is 1.86 bits per heavy atom. The van der Waals surface area contributed by atoms with E-state index in [1.54, 1.807) is 0 Å². The Morgan fingerprint density at radius 1 is 1.27 bits per heavy atom. The normalized spacial score (nSPS) is 17.8. The van der Waals surface area contributed by atoms with E-state index in [1.807, 2.05) is 49.9 Å². The van der Waals surface area contributed by atoms with E-state index in [-0.39, 0.29) is 11.9 Å². The summed E-state index contributed by atoms with van der Waals surface area (Å²) in [5.41, 5.74) is 2.55. The molecule has 1 aromatic rings. The summed E-state index contributed by atoms with van der Waals surface area (Å²) in [5, 5.41) is 6.83. The first-order valence-corrected chi connectivity index (χ1v) is 8.51. The topological polar surface area (TPSA) is 44.4 Å². The molecule has 6 heteroatoms. The molecule has 1 amide bonds.